The maximum absolute atomic E-state index is 12.5. The number of anilines is 3. The van der Waals surface area contributed by atoms with Crippen LogP contribution in [0, 0.1) is 13.8 Å². The van der Waals surface area contributed by atoms with Gasteiger partial charge in [0.2, 0.25) is 0 Å². The number of aryl methyl sites for hydroxylation is 2. The second-order valence-corrected chi connectivity index (χ2v) is 6.00. The van der Waals surface area contributed by atoms with E-state index in [1.165, 1.54) is 6.07 Å². The number of halogens is 2. The molecular weight excluding hydrogens is 365 g/mol. The summed E-state index contributed by atoms with van der Waals surface area (Å²) < 4.78 is 4.99. The Balaban J connectivity index is 1.85. The lowest BCUT2D eigenvalue weighted by atomic mass is 10.3. The molecule has 0 saturated heterocycles. The van der Waals surface area contributed by atoms with Gasteiger partial charge in [-0.1, -0.05) is 34.4 Å². The zero-order valence-electron chi connectivity index (χ0n) is 13.3. The Kier molecular flexibility index (Phi) is 4.87. The molecule has 25 heavy (non-hydrogen) atoms. The van der Waals surface area contributed by atoms with E-state index >= 15 is 0 Å². The van der Waals surface area contributed by atoms with E-state index in [4.69, 9.17) is 27.7 Å². The average molecular weight is 378 g/mol. The van der Waals surface area contributed by atoms with Crippen molar-refractivity contribution < 1.29 is 9.32 Å². The van der Waals surface area contributed by atoms with Gasteiger partial charge in [-0.3, -0.25) is 4.79 Å². The summed E-state index contributed by atoms with van der Waals surface area (Å²) in [5.41, 5.74) is 0.486. The minimum atomic E-state index is -0.458. The van der Waals surface area contributed by atoms with Gasteiger partial charge < -0.3 is 15.2 Å². The third-order valence-electron chi connectivity index (χ3n) is 3.16. The molecule has 7 nitrogen and oxygen atoms in total. The lowest BCUT2D eigenvalue weighted by Crippen LogP contribution is -2.16. The van der Waals surface area contributed by atoms with Crippen molar-refractivity contribution in [2.45, 2.75) is 13.8 Å². The zero-order chi connectivity index (χ0) is 18.0. The van der Waals surface area contributed by atoms with E-state index < -0.39 is 5.91 Å². The predicted octanol–water partition coefficient (Wildman–Crippen LogP) is 4.38. The summed E-state index contributed by atoms with van der Waals surface area (Å²) in [6.07, 6.45) is 0. The number of hydrogen-bond acceptors (Lipinski definition) is 6. The molecular formula is C16H13Cl2N5O2. The van der Waals surface area contributed by atoms with Gasteiger partial charge in [0.1, 0.15) is 23.1 Å². The molecule has 0 saturated carbocycles. The summed E-state index contributed by atoms with van der Waals surface area (Å²) >= 11 is 12.1. The molecule has 2 heterocycles. The third-order valence-corrected chi connectivity index (χ3v) is 3.79. The number of rotatable bonds is 4. The fourth-order valence-electron chi connectivity index (χ4n) is 2.10. The van der Waals surface area contributed by atoms with Crippen molar-refractivity contribution >= 4 is 46.4 Å². The maximum Gasteiger partial charge on any atom is 0.274 e. The fourth-order valence-corrected chi connectivity index (χ4v) is 2.59. The lowest BCUT2D eigenvalue weighted by molar-refractivity contribution is 0.102. The number of hydrogen-bond donors (Lipinski definition) is 2. The first-order chi connectivity index (χ1) is 11.9. The van der Waals surface area contributed by atoms with E-state index in [9.17, 15) is 4.79 Å². The van der Waals surface area contributed by atoms with Crippen molar-refractivity contribution in [1.29, 1.82) is 0 Å². The summed E-state index contributed by atoms with van der Waals surface area (Å²) in [5.74, 6) is 1.51. The van der Waals surface area contributed by atoms with Crippen molar-refractivity contribution in [1.82, 2.24) is 15.1 Å². The van der Waals surface area contributed by atoms with Crippen LogP contribution in [0.3, 0.4) is 0 Å². The van der Waals surface area contributed by atoms with Gasteiger partial charge in [-0.15, -0.1) is 0 Å². The Morgan fingerprint density at radius 2 is 1.80 bits per heavy atom. The molecule has 0 unspecified atom stereocenters. The van der Waals surface area contributed by atoms with Crippen molar-refractivity contribution in [3.05, 3.63) is 57.7 Å². The molecule has 128 valence electrons. The van der Waals surface area contributed by atoms with Crippen LogP contribution in [0.15, 0.2) is 34.9 Å². The van der Waals surface area contributed by atoms with Gasteiger partial charge in [0, 0.05) is 12.1 Å². The van der Waals surface area contributed by atoms with Crippen LogP contribution >= 0.6 is 23.2 Å². The number of benzene rings is 1. The van der Waals surface area contributed by atoms with Crippen LogP contribution in [-0.4, -0.2) is 21.0 Å². The Morgan fingerprint density at radius 1 is 1.08 bits per heavy atom. The van der Waals surface area contributed by atoms with Crippen LogP contribution in [0.1, 0.15) is 22.1 Å². The quantitative estimate of drug-likeness (QED) is 0.700. The molecule has 0 atom stereocenters. The molecule has 0 spiro atoms. The van der Waals surface area contributed by atoms with Gasteiger partial charge in [-0.05, 0) is 26.0 Å². The molecule has 0 aliphatic heterocycles. The minimum Gasteiger partial charge on any atom is -0.360 e. The molecule has 1 amide bonds. The molecule has 1 aromatic carbocycles. The highest BCUT2D eigenvalue weighted by atomic mass is 35.5. The SMILES string of the molecule is Cc1nc(Nc2cc(C)on2)cc(C(=O)Nc2c(Cl)cccc2Cl)n1. The standard InChI is InChI=1S/C16H13Cl2N5O2/c1-8-6-14(23-25-8)21-13-7-12(19-9(2)20-13)16(24)22-15-10(17)4-3-5-11(15)18/h3-7H,1-2H3,(H,22,24)(H,19,20,21,23). The Morgan fingerprint density at radius 3 is 2.44 bits per heavy atom. The maximum atomic E-state index is 12.5. The molecule has 0 aliphatic carbocycles. The summed E-state index contributed by atoms with van der Waals surface area (Å²) in [5, 5.41) is 10.1. The van der Waals surface area contributed by atoms with Gasteiger partial charge >= 0.3 is 0 Å². The van der Waals surface area contributed by atoms with Gasteiger partial charge in [0.25, 0.3) is 5.91 Å². The zero-order valence-corrected chi connectivity index (χ0v) is 14.8. The van der Waals surface area contributed by atoms with Crippen LogP contribution in [0.4, 0.5) is 17.3 Å². The number of aromatic nitrogens is 3. The van der Waals surface area contributed by atoms with Crippen LogP contribution < -0.4 is 10.6 Å². The van der Waals surface area contributed by atoms with Gasteiger partial charge in [-0.25, -0.2) is 9.97 Å². The molecule has 0 fully saturated rings. The summed E-state index contributed by atoms with van der Waals surface area (Å²) in [6, 6.07) is 8.16. The normalized spacial score (nSPS) is 10.6. The molecule has 0 aliphatic rings. The number of nitrogens with one attached hydrogen (secondary N) is 2. The number of carbonyl (C=O) groups excluding carboxylic acids is 1. The van der Waals surface area contributed by atoms with Gasteiger partial charge in [-0.2, -0.15) is 0 Å². The van der Waals surface area contributed by atoms with Crippen molar-refractivity contribution in [3.8, 4) is 0 Å². The minimum absolute atomic E-state index is 0.159. The van der Waals surface area contributed by atoms with E-state index in [0.717, 1.165) is 0 Å². The first-order valence-corrected chi connectivity index (χ1v) is 7.99. The second kappa shape index (κ2) is 7.08. The molecule has 2 N–H and O–H groups in total. The number of carbonyl (C=O) groups is 1. The highest BCUT2D eigenvalue weighted by Crippen LogP contribution is 2.30. The molecule has 3 aromatic rings. The van der Waals surface area contributed by atoms with Gasteiger partial charge in [0.05, 0.1) is 15.7 Å². The summed E-state index contributed by atoms with van der Waals surface area (Å²) in [6.45, 7) is 3.45. The topological polar surface area (TPSA) is 92.9 Å². The monoisotopic (exact) mass is 377 g/mol. The third kappa shape index (κ3) is 4.07. The van der Waals surface area contributed by atoms with Crippen molar-refractivity contribution in [2.24, 2.45) is 0 Å². The Bertz CT molecular complexity index is 922. The van der Waals surface area contributed by atoms with Crippen LogP contribution in [0.2, 0.25) is 10.0 Å². The van der Waals surface area contributed by atoms with E-state index in [1.807, 2.05) is 0 Å². The van der Waals surface area contributed by atoms with Gasteiger partial charge in [0.15, 0.2) is 5.82 Å². The largest absolute Gasteiger partial charge is 0.360 e. The molecule has 3 rings (SSSR count). The summed E-state index contributed by atoms with van der Waals surface area (Å²) in [7, 11) is 0. The first kappa shape index (κ1) is 17.2. The Hall–Kier alpha value is -2.64. The van der Waals surface area contributed by atoms with Crippen LogP contribution in [0.5, 0.6) is 0 Å². The van der Waals surface area contributed by atoms with Crippen molar-refractivity contribution in [3.63, 3.8) is 0 Å². The van der Waals surface area contributed by atoms with Crippen LogP contribution in [-0.2, 0) is 0 Å². The molecule has 0 radical (unpaired) electrons. The van der Waals surface area contributed by atoms with E-state index in [1.54, 1.807) is 38.1 Å². The van der Waals surface area contributed by atoms with Crippen LogP contribution in [0.25, 0.3) is 0 Å². The highest BCUT2D eigenvalue weighted by molar-refractivity contribution is 6.40. The first-order valence-electron chi connectivity index (χ1n) is 7.24. The second-order valence-electron chi connectivity index (χ2n) is 5.18. The van der Waals surface area contributed by atoms with E-state index in [2.05, 4.69) is 25.8 Å². The van der Waals surface area contributed by atoms with Crippen molar-refractivity contribution in [2.75, 3.05) is 10.6 Å². The highest BCUT2D eigenvalue weighted by Gasteiger charge is 2.15. The lowest BCUT2D eigenvalue weighted by Gasteiger charge is -2.10. The smallest absolute Gasteiger partial charge is 0.274 e. The van der Waals surface area contributed by atoms with E-state index in [0.29, 0.717) is 39.0 Å². The molecule has 0 bridgehead atoms. The number of nitrogens with zero attached hydrogens (tertiary/aromatic N) is 3. The average Bonchev–Trinajstić information content (AvgIpc) is 2.95. The number of amides is 1. The molecule has 2 aromatic heterocycles. The van der Waals surface area contributed by atoms with E-state index in [-0.39, 0.29) is 5.69 Å². The fraction of sp³-hybridized carbons (Fsp3) is 0.125. The number of para-hydroxylation sites is 1. The predicted molar refractivity (Wildman–Crippen MR) is 95.7 cm³/mol. The summed E-state index contributed by atoms with van der Waals surface area (Å²) in [4.78, 5) is 20.9. The Labute approximate surface area is 153 Å². The molecule has 9 heteroatoms.